The number of thiophene rings is 1. The molecule has 2 aromatic rings. The van der Waals surface area contributed by atoms with E-state index in [1.165, 1.54) is 17.0 Å². The number of likely N-dealkylation sites (N-methyl/N-ethyl adjacent to an activating group) is 1. The fourth-order valence-corrected chi connectivity index (χ4v) is 5.85. The van der Waals surface area contributed by atoms with Crippen molar-refractivity contribution in [2.45, 2.75) is 30.7 Å². The van der Waals surface area contributed by atoms with Crippen LogP contribution in [0.2, 0.25) is 0 Å². The molecule has 0 saturated carbocycles. The van der Waals surface area contributed by atoms with Crippen LogP contribution in [-0.4, -0.2) is 57.3 Å². The summed E-state index contributed by atoms with van der Waals surface area (Å²) >= 11 is 1.66. The Balaban J connectivity index is 1.64. The third-order valence-corrected chi connectivity index (χ3v) is 8.33. The predicted molar refractivity (Wildman–Crippen MR) is 117 cm³/mol. The van der Waals surface area contributed by atoms with E-state index < -0.39 is 10.0 Å². The van der Waals surface area contributed by atoms with Gasteiger partial charge in [0.05, 0.1) is 10.9 Å². The van der Waals surface area contributed by atoms with Gasteiger partial charge < -0.3 is 10.2 Å². The van der Waals surface area contributed by atoms with Gasteiger partial charge in [0.1, 0.15) is 0 Å². The number of hydrogen-bond donors (Lipinski definition) is 1. The summed E-state index contributed by atoms with van der Waals surface area (Å²) in [7, 11) is 0.469. The van der Waals surface area contributed by atoms with Crippen molar-refractivity contribution in [3.05, 3.63) is 52.2 Å². The maximum atomic E-state index is 12.8. The quantitative estimate of drug-likeness (QED) is 0.725. The molecule has 1 atom stereocenters. The normalized spacial score (nSPS) is 17.4. The number of nitrogens with one attached hydrogen (secondary N) is 1. The highest BCUT2D eigenvalue weighted by Gasteiger charge is 2.28. The highest BCUT2D eigenvalue weighted by Crippen LogP contribution is 2.24. The maximum absolute atomic E-state index is 12.8. The minimum absolute atomic E-state index is 0.0973. The SMILES string of the molecule is CC1CCN(S(=O)(=O)c2ccc(C(=O)NC[C@@H](c3cccs3)N(C)C)cc2)CC1. The van der Waals surface area contributed by atoms with Crippen LogP contribution in [0.4, 0.5) is 0 Å². The van der Waals surface area contributed by atoms with Crippen LogP contribution in [0.3, 0.4) is 0 Å². The average Bonchev–Trinajstić information content (AvgIpc) is 3.22. The molecule has 158 valence electrons. The summed E-state index contributed by atoms with van der Waals surface area (Å²) in [5, 5.41) is 4.98. The second kappa shape index (κ2) is 9.38. The van der Waals surface area contributed by atoms with Gasteiger partial charge in [-0.1, -0.05) is 13.0 Å². The lowest BCUT2D eigenvalue weighted by molar-refractivity contribution is 0.0942. The Morgan fingerprint density at radius 2 is 1.86 bits per heavy atom. The van der Waals surface area contributed by atoms with Gasteiger partial charge in [0.15, 0.2) is 0 Å². The molecule has 0 bridgehead atoms. The summed E-state index contributed by atoms with van der Waals surface area (Å²) in [5.74, 6) is 0.358. The number of carbonyl (C=O) groups is 1. The first-order valence-electron chi connectivity index (χ1n) is 9.87. The van der Waals surface area contributed by atoms with Gasteiger partial charge in [-0.3, -0.25) is 4.79 Å². The van der Waals surface area contributed by atoms with Crippen molar-refractivity contribution < 1.29 is 13.2 Å². The zero-order valence-electron chi connectivity index (χ0n) is 17.2. The fraction of sp³-hybridized carbons (Fsp3) is 0.476. The van der Waals surface area contributed by atoms with Crippen LogP contribution in [0.1, 0.15) is 41.0 Å². The molecule has 1 amide bonds. The Labute approximate surface area is 177 Å². The van der Waals surface area contributed by atoms with E-state index in [0.717, 1.165) is 12.8 Å². The van der Waals surface area contributed by atoms with Crippen LogP contribution in [0, 0.1) is 5.92 Å². The van der Waals surface area contributed by atoms with Gasteiger partial charge in [0.2, 0.25) is 10.0 Å². The molecule has 1 aromatic carbocycles. The second-order valence-corrected chi connectivity index (χ2v) is 10.7. The number of hydrogen-bond acceptors (Lipinski definition) is 5. The molecule has 3 rings (SSSR count). The van der Waals surface area contributed by atoms with E-state index in [0.29, 0.717) is 31.1 Å². The van der Waals surface area contributed by atoms with E-state index in [1.807, 2.05) is 25.5 Å². The molecule has 1 aliphatic rings. The molecule has 29 heavy (non-hydrogen) atoms. The van der Waals surface area contributed by atoms with Gasteiger partial charge in [-0.15, -0.1) is 11.3 Å². The molecule has 2 heterocycles. The zero-order chi connectivity index (χ0) is 21.0. The van der Waals surface area contributed by atoms with Gasteiger partial charge in [0.25, 0.3) is 5.91 Å². The summed E-state index contributed by atoms with van der Waals surface area (Å²) in [6.45, 7) is 3.75. The standard InChI is InChI=1S/C21H29N3O3S2/c1-16-10-12-24(13-11-16)29(26,27)18-8-6-17(7-9-18)21(25)22-15-19(23(2)3)20-5-4-14-28-20/h4-9,14,16,19H,10-13,15H2,1-3H3,(H,22,25)/t19-/m0/s1. The summed E-state index contributed by atoms with van der Waals surface area (Å²) in [6.07, 6.45) is 1.77. The highest BCUT2D eigenvalue weighted by atomic mass is 32.2. The van der Waals surface area contributed by atoms with Gasteiger partial charge in [-0.05, 0) is 68.6 Å². The van der Waals surface area contributed by atoms with E-state index in [9.17, 15) is 13.2 Å². The van der Waals surface area contributed by atoms with Crippen LogP contribution in [0.15, 0.2) is 46.7 Å². The largest absolute Gasteiger partial charge is 0.350 e. The van der Waals surface area contributed by atoms with E-state index in [1.54, 1.807) is 27.8 Å². The van der Waals surface area contributed by atoms with E-state index in [4.69, 9.17) is 0 Å². The van der Waals surface area contributed by atoms with Gasteiger partial charge in [-0.2, -0.15) is 4.31 Å². The van der Waals surface area contributed by atoms with Crippen molar-refractivity contribution in [1.82, 2.24) is 14.5 Å². The summed E-state index contributed by atoms with van der Waals surface area (Å²) in [5.41, 5.74) is 0.458. The van der Waals surface area contributed by atoms with E-state index in [2.05, 4.69) is 23.2 Å². The Morgan fingerprint density at radius 1 is 1.21 bits per heavy atom. The molecule has 0 radical (unpaired) electrons. The first kappa shape index (κ1) is 22.0. The number of nitrogens with zero attached hydrogens (tertiary/aromatic N) is 2. The van der Waals surface area contributed by atoms with Crippen molar-refractivity contribution >= 4 is 27.3 Å². The number of benzene rings is 1. The third kappa shape index (κ3) is 5.25. The summed E-state index contributed by atoms with van der Waals surface area (Å²) in [6, 6.07) is 10.4. The Hall–Kier alpha value is -1.74. The summed E-state index contributed by atoms with van der Waals surface area (Å²) in [4.78, 5) is 16.1. The molecule has 0 spiro atoms. The first-order valence-corrected chi connectivity index (χ1v) is 12.2. The Morgan fingerprint density at radius 3 is 2.41 bits per heavy atom. The predicted octanol–water partition coefficient (Wildman–Crippen LogP) is 3.20. The number of amides is 1. The molecular weight excluding hydrogens is 406 g/mol. The topological polar surface area (TPSA) is 69.7 Å². The lowest BCUT2D eigenvalue weighted by Crippen LogP contribution is -2.37. The van der Waals surface area contributed by atoms with E-state index in [-0.39, 0.29) is 16.8 Å². The van der Waals surface area contributed by atoms with Gasteiger partial charge in [0, 0.05) is 30.1 Å². The van der Waals surface area contributed by atoms with Crippen LogP contribution in [0.5, 0.6) is 0 Å². The average molecular weight is 436 g/mol. The maximum Gasteiger partial charge on any atom is 0.251 e. The second-order valence-electron chi connectivity index (χ2n) is 7.82. The van der Waals surface area contributed by atoms with Crippen molar-refractivity contribution in [3.63, 3.8) is 0 Å². The smallest absolute Gasteiger partial charge is 0.251 e. The number of carbonyl (C=O) groups excluding carboxylic acids is 1. The molecule has 0 unspecified atom stereocenters. The number of piperidine rings is 1. The van der Waals surface area contributed by atoms with Crippen LogP contribution >= 0.6 is 11.3 Å². The van der Waals surface area contributed by atoms with Gasteiger partial charge in [-0.25, -0.2) is 8.42 Å². The van der Waals surface area contributed by atoms with Crippen LogP contribution in [0.25, 0.3) is 0 Å². The van der Waals surface area contributed by atoms with Gasteiger partial charge >= 0.3 is 0 Å². The third-order valence-electron chi connectivity index (χ3n) is 5.45. The molecule has 1 aliphatic heterocycles. The highest BCUT2D eigenvalue weighted by molar-refractivity contribution is 7.89. The minimum atomic E-state index is -3.50. The molecule has 6 nitrogen and oxygen atoms in total. The van der Waals surface area contributed by atoms with Crippen molar-refractivity contribution in [2.75, 3.05) is 33.7 Å². The summed E-state index contributed by atoms with van der Waals surface area (Å²) < 4.78 is 27.2. The number of sulfonamides is 1. The van der Waals surface area contributed by atoms with Crippen LogP contribution in [-0.2, 0) is 10.0 Å². The monoisotopic (exact) mass is 435 g/mol. The Bertz CT molecular complexity index is 901. The van der Waals surface area contributed by atoms with Crippen LogP contribution < -0.4 is 5.32 Å². The molecule has 0 aliphatic carbocycles. The van der Waals surface area contributed by atoms with Crippen molar-refractivity contribution in [2.24, 2.45) is 5.92 Å². The molecule has 1 aromatic heterocycles. The molecule has 8 heteroatoms. The minimum Gasteiger partial charge on any atom is -0.350 e. The lowest BCUT2D eigenvalue weighted by Gasteiger charge is -2.29. The van der Waals surface area contributed by atoms with E-state index >= 15 is 0 Å². The lowest BCUT2D eigenvalue weighted by atomic mass is 10.0. The first-order chi connectivity index (χ1) is 13.8. The molecular formula is C21H29N3O3S2. The van der Waals surface area contributed by atoms with Crippen molar-refractivity contribution in [1.29, 1.82) is 0 Å². The van der Waals surface area contributed by atoms with Crippen molar-refractivity contribution in [3.8, 4) is 0 Å². The fourth-order valence-electron chi connectivity index (χ4n) is 3.46. The molecule has 1 N–H and O–H groups in total. The number of rotatable bonds is 7. The zero-order valence-corrected chi connectivity index (χ0v) is 18.8. The Kier molecular flexibility index (Phi) is 7.10. The molecule has 1 saturated heterocycles. The molecule has 1 fully saturated rings.